The highest BCUT2D eigenvalue weighted by Crippen LogP contribution is 2.47. The van der Waals surface area contributed by atoms with Crippen LogP contribution in [0.1, 0.15) is 31.3 Å². The Kier molecular flexibility index (Phi) is 2.40. The Balaban J connectivity index is 2.14. The normalized spacial score (nSPS) is 17.6. The minimum Gasteiger partial charge on any atom is -0.311 e. The fourth-order valence-electron chi connectivity index (χ4n) is 2.16. The maximum absolute atomic E-state index is 5.98. The number of imidazole rings is 1. The fourth-order valence-corrected chi connectivity index (χ4v) is 2.37. The van der Waals surface area contributed by atoms with Gasteiger partial charge in [0.15, 0.2) is 5.65 Å². The van der Waals surface area contributed by atoms with Crippen molar-refractivity contribution in [1.29, 1.82) is 0 Å². The Morgan fingerprint density at radius 1 is 1.35 bits per heavy atom. The molecule has 4 heteroatoms. The Labute approximate surface area is 106 Å². The zero-order chi connectivity index (χ0) is 12.0. The molecule has 1 saturated carbocycles. The Hall–Kier alpha value is -1.09. The second kappa shape index (κ2) is 3.70. The summed E-state index contributed by atoms with van der Waals surface area (Å²) < 4.78 is 2.20. The number of hydrogen-bond acceptors (Lipinski definition) is 2. The summed E-state index contributed by atoms with van der Waals surface area (Å²) in [5, 5.41) is 0. The molecule has 3 rings (SSSR count). The van der Waals surface area contributed by atoms with E-state index in [0.717, 1.165) is 29.2 Å². The number of pyridine rings is 1. The van der Waals surface area contributed by atoms with Crippen molar-refractivity contribution in [1.82, 2.24) is 14.5 Å². The van der Waals surface area contributed by atoms with Crippen molar-refractivity contribution in [2.24, 2.45) is 5.41 Å². The van der Waals surface area contributed by atoms with Gasteiger partial charge in [-0.1, -0.05) is 6.92 Å². The lowest BCUT2D eigenvalue weighted by Crippen LogP contribution is -2.11. The number of halogens is 1. The van der Waals surface area contributed by atoms with Crippen LogP contribution in [0, 0.1) is 12.3 Å². The SMILES string of the molecule is Cc1ccc2nc(CCl)n(CC3(C)CC3)c2n1. The molecule has 2 heterocycles. The maximum atomic E-state index is 5.98. The van der Waals surface area contributed by atoms with E-state index in [4.69, 9.17) is 11.6 Å². The molecule has 17 heavy (non-hydrogen) atoms. The molecule has 0 N–H and O–H groups in total. The Morgan fingerprint density at radius 2 is 2.12 bits per heavy atom. The highest BCUT2D eigenvalue weighted by Gasteiger charge is 2.38. The minimum atomic E-state index is 0.430. The van der Waals surface area contributed by atoms with Gasteiger partial charge in [0.2, 0.25) is 0 Å². The first-order valence-electron chi connectivity index (χ1n) is 6.00. The van der Waals surface area contributed by atoms with Gasteiger partial charge in [0.05, 0.1) is 5.88 Å². The fraction of sp³-hybridized carbons (Fsp3) is 0.538. The van der Waals surface area contributed by atoms with E-state index in [1.165, 1.54) is 12.8 Å². The van der Waals surface area contributed by atoms with Gasteiger partial charge in [-0.3, -0.25) is 0 Å². The predicted octanol–water partition coefficient (Wildman–Crippen LogP) is 3.28. The number of alkyl halides is 1. The van der Waals surface area contributed by atoms with Crippen molar-refractivity contribution in [2.75, 3.05) is 0 Å². The van der Waals surface area contributed by atoms with Crippen LogP contribution in [0.3, 0.4) is 0 Å². The molecule has 2 aromatic rings. The first-order chi connectivity index (χ1) is 8.11. The molecule has 0 saturated heterocycles. The van der Waals surface area contributed by atoms with Crippen LogP contribution in [0.15, 0.2) is 12.1 Å². The largest absolute Gasteiger partial charge is 0.311 e. The molecule has 0 unspecified atom stereocenters. The molecule has 0 aliphatic heterocycles. The van der Waals surface area contributed by atoms with E-state index in [9.17, 15) is 0 Å². The van der Waals surface area contributed by atoms with E-state index >= 15 is 0 Å². The zero-order valence-electron chi connectivity index (χ0n) is 10.2. The summed E-state index contributed by atoms with van der Waals surface area (Å²) in [6.45, 7) is 5.31. The van der Waals surface area contributed by atoms with E-state index in [1.54, 1.807) is 0 Å². The molecule has 0 spiro atoms. The molecular formula is C13H16ClN3. The third-order valence-corrected chi connectivity index (χ3v) is 3.81. The zero-order valence-corrected chi connectivity index (χ0v) is 11.0. The van der Waals surface area contributed by atoms with Gasteiger partial charge in [-0.25, -0.2) is 9.97 Å². The number of aryl methyl sites for hydroxylation is 1. The second-order valence-electron chi connectivity index (χ2n) is 5.35. The van der Waals surface area contributed by atoms with Crippen LogP contribution >= 0.6 is 11.6 Å². The number of rotatable bonds is 3. The van der Waals surface area contributed by atoms with Gasteiger partial charge in [0.1, 0.15) is 11.3 Å². The van der Waals surface area contributed by atoms with Gasteiger partial charge in [0, 0.05) is 12.2 Å². The van der Waals surface area contributed by atoms with Crippen LogP contribution in [0.25, 0.3) is 11.2 Å². The minimum absolute atomic E-state index is 0.430. The summed E-state index contributed by atoms with van der Waals surface area (Å²) in [6, 6.07) is 4.02. The average Bonchev–Trinajstić information content (AvgIpc) is 2.93. The van der Waals surface area contributed by atoms with Crippen LogP contribution in [0.4, 0.5) is 0 Å². The lowest BCUT2D eigenvalue weighted by atomic mass is 10.1. The lowest BCUT2D eigenvalue weighted by molar-refractivity contribution is 0.463. The molecule has 0 atom stereocenters. The molecule has 3 nitrogen and oxygen atoms in total. The molecule has 1 aliphatic rings. The van der Waals surface area contributed by atoms with Crippen LogP contribution < -0.4 is 0 Å². The summed E-state index contributed by atoms with van der Waals surface area (Å²) in [5.41, 5.74) is 3.39. The van der Waals surface area contributed by atoms with Crippen molar-refractivity contribution in [3.05, 3.63) is 23.7 Å². The van der Waals surface area contributed by atoms with Crippen molar-refractivity contribution in [2.45, 2.75) is 39.1 Å². The van der Waals surface area contributed by atoms with E-state index in [2.05, 4.69) is 21.5 Å². The van der Waals surface area contributed by atoms with Crippen LogP contribution in [0.5, 0.6) is 0 Å². The van der Waals surface area contributed by atoms with Gasteiger partial charge >= 0.3 is 0 Å². The Morgan fingerprint density at radius 3 is 2.76 bits per heavy atom. The monoisotopic (exact) mass is 249 g/mol. The van der Waals surface area contributed by atoms with Crippen LogP contribution in [-0.4, -0.2) is 14.5 Å². The van der Waals surface area contributed by atoms with Crippen molar-refractivity contribution in [3.8, 4) is 0 Å². The molecule has 1 fully saturated rings. The summed E-state index contributed by atoms with van der Waals surface area (Å²) >= 11 is 5.98. The van der Waals surface area contributed by atoms with E-state index < -0.39 is 0 Å². The highest BCUT2D eigenvalue weighted by molar-refractivity contribution is 6.16. The third kappa shape index (κ3) is 1.93. The van der Waals surface area contributed by atoms with E-state index in [0.29, 0.717) is 11.3 Å². The number of hydrogen-bond donors (Lipinski definition) is 0. The van der Waals surface area contributed by atoms with Gasteiger partial charge in [-0.2, -0.15) is 0 Å². The smallest absolute Gasteiger partial charge is 0.160 e. The molecule has 0 amide bonds. The van der Waals surface area contributed by atoms with Gasteiger partial charge in [0.25, 0.3) is 0 Å². The topological polar surface area (TPSA) is 30.7 Å². The first kappa shape index (κ1) is 11.0. The van der Waals surface area contributed by atoms with Crippen LogP contribution in [0.2, 0.25) is 0 Å². The molecular weight excluding hydrogens is 234 g/mol. The van der Waals surface area contributed by atoms with Gasteiger partial charge in [-0.15, -0.1) is 11.6 Å². The molecule has 0 aromatic carbocycles. The number of aromatic nitrogens is 3. The number of nitrogens with zero attached hydrogens (tertiary/aromatic N) is 3. The Bertz CT molecular complexity index is 569. The molecule has 0 radical (unpaired) electrons. The third-order valence-electron chi connectivity index (χ3n) is 3.57. The first-order valence-corrected chi connectivity index (χ1v) is 6.53. The second-order valence-corrected chi connectivity index (χ2v) is 5.62. The van der Waals surface area contributed by atoms with Gasteiger partial charge < -0.3 is 4.57 Å². The predicted molar refractivity (Wildman–Crippen MR) is 69.2 cm³/mol. The van der Waals surface area contributed by atoms with Crippen molar-refractivity contribution in [3.63, 3.8) is 0 Å². The molecule has 1 aliphatic carbocycles. The van der Waals surface area contributed by atoms with Crippen LogP contribution in [-0.2, 0) is 12.4 Å². The molecule has 2 aromatic heterocycles. The summed E-state index contributed by atoms with van der Waals surface area (Å²) in [7, 11) is 0. The quantitative estimate of drug-likeness (QED) is 0.782. The summed E-state index contributed by atoms with van der Waals surface area (Å²) in [6.07, 6.45) is 2.58. The molecule has 0 bridgehead atoms. The number of fused-ring (bicyclic) bond motifs is 1. The maximum Gasteiger partial charge on any atom is 0.160 e. The van der Waals surface area contributed by atoms with Crippen molar-refractivity contribution >= 4 is 22.8 Å². The van der Waals surface area contributed by atoms with Crippen molar-refractivity contribution < 1.29 is 0 Å². The average molecular weight is 250 g/mol. The standard InChI is InChI=1S/C13H16ClN3/c1-9-3-4-10-12(15-9)17(11(7-14)16-10)8-13(2)5-6-13/h3-4H,5-8H2,1-2H3. The molecule has 90 valence electrons. The van der Waals surface area contributed by atoms with E-state index in [1.807, 2.05) is 19.1 Å². The summed E-state index contributed by atoms with van der Waals surface area (Å²) in [5.74, 6) is 1.39. The highest BCUT2D eigenvalue weighted by atomic mass is 35.5. The van der Waals surface area contributed by atoms with E-state index in [-0.39, 0.29) is 0 Å². The van der Waals surface area contributed by atoms with Gasteiger partial charge in [-0.05, 0) is 37.3 Å². The summed E-state index contributed by atoms with van der Waals surface area (Å²) in [4.78, 5) is 9.15. The lowest BCUT2D eigenvalue weighted by Gasteiger charge is -2.12.